The molecule has 1 unspecified atom stereocenters. The number of morpholine rings is 1. The lowest BCUT2D eigenvalue weighted by molar-refractivity contribution is -0.252. The van der Waals surface area contributed by atoms with Crippen LogP contribution in [-0.4, -0.2) is 93.1 Å². The number of nitrogens with zero attached hydrogens (tertiary/aromatic N) is 1. The smallest absolute Gasteiger partial charge is 0.192 e. The molecule has 0 amide bonds. The standard InChI is InChI=1S/C46H81NO6Si/c1-12-49-39(42(8,9)48)32-27-30(5)37-38(51-32)40(53-54(13-2,14-3)15-4)44(11)34-20-19-33-41(6,7)35(52-36-28-47(25-26-50-36)31-17-16-18-31)21-22-45(33)29-46(34,45)24-23-43(37,44)10/h30-40,48H,12-29H2,1-11H3/t30-,32-,33+,34+,35+,36+,37+,38+,39+,40+,43-,44-,45?,46+/m1/s1. The summed E-state index contributed by atoms with van der Waals surface area (Å²) >= 11 is 0. The molecule has 54 heavy (non-hydrogen) atoms. The first-order valence-electron chi connectivity index (χ1n) is 23.2. The van der Waals surface area contributed by atoms with Crippen LogP contribution >= 0.6 is 0 Å². The van der Waals surface area contributed by atoms with Crippen LogP contribution in [0.15, 0.2) is 0 Å². The fourth-order valence-corrected chi connectivity index (χ4v) is 19.0. The zero-order valence-electron chi connectivity index (χ0n) is 36.5. The highest BCUT2D eigenvalue weighted by Crippen LogP contribution is 2.89. The van der Waals surface area contributed by atoms with Crippen molar-refractivity contribution in [2.75, 3.05) is 26.3 Å². The number of fused-ring (bicyclic) bond motifs is 4. The molecule has 0 bridgehead atoms. The fraction of sp³-hybridized carbons (Fsp3) is 1.00. The third kappa shape index (κ3) is 5.76. The van der Waals surface area contributed by atoms with E-state index in [0.717, 1.165) is 56.7 Å². The van der Waals surface area contributed by atoms with Gasteiger partial charge in [-0.05, 0) is 148 Å². The monoisotopic (exact) mass is 772 g/mol. The Morgan fingerprint density at radius 2 is 1.59 bits per heavy atom. The van der Waals surface area contributed by atoms with E-state index >= 15 is 0 Å². The summed E-state index contributed by atoms with van der Waals surface area (Å²) in [5.41, 5.74) is 0.130. The highest BCUT2D eigenvalue weighted by Gasteiger charge is 2.85. The van der Waals surface area contributed by atoms with Crippen LogP contribution in [0.3, 0.4) is 0 Å². The van der Waals surface area contributed by atoms with Crippen LogP contribution < -0.4 is 0 Å². The van der Waals surface area contributed by atoms with Crippen LogP contribution in [-0.2, 0) is 23.4 Å². The zero-order valence-corrected chi connectivity index (χ0v) is 37.5. The Kier molecular flexibility index (Phi) is 10.6. The van der Waals surface area contributed by atoms with Gasteiger partial charge in [0.05, 0.1) is 36.6 Å². The molecule has 8 heteroatoms. The van der Waals surface area contributed by atoms with Gasteiger partial charge in [-0.3, -0.25) is 4.90 Å². The molecule has 8 fully saturated rings. The molecule has 7 nitrogen and oxygen atoms in total. The average Bonchev–Trinajstić information content (AvgIpc) is 3.73. The van der Waals surface area contributed by atoms with E-state index in [2.05, 4.69) is 60.3 Å². The molecule has 8 aliphatic rings. The Hall–Kier alpha value is -0.0631. The average molecular weight is 772 g/mol. The number of hydrogen-bond acceptors (Lipinski definition) is 7. The SMILES string of the molecule is CCO[C@@H]([C@H]1C[C@@H](C)[C@H]2[C@H](O1)[C@H](O[Si](CC)(CC)CC)[C@@]1(C)[C@@H]3CC[C@H]4C(C)(C)[C@@H](O[C@H]5CN(C6CCC6)CCO5)CCC45C[C@@]35CC[C@]21C)C(C)(C)O. The number of hydrogen-bond donors (Lipinski definition) is 1. The number of ether oxygens (including phenoxy) is 4. The molecule has 2 heterocycles. The molecular formula is C46H81NO6Si. The van der Waals surface area contributed by atoms with E-state index < -0.39 is 13.9 Å². The lowest BCUT2D eigenvalue weighted by Crippen LogP contribution is -2.61. The highest BCUT2D eigenvalue weighted by atomic mass is 28.4. The normalized spacial score (nSPS) is 48.1. The molecule has 2 spiro atoms. The molecule has 0 aromatic carbocycles. The maximum Gasteiger partial charge on any atom is 0.192 e. The predicted molar refractivity (Wildman–Crippen MR) is 218 cm³/mol. The van der Waals surface area contributed by atoms with Gasteiger partial charge in [-0.1, -0.05) is 61.8 Å². The molecule has 0 aromatic heterocycles. The number of aliphatic hydroxyl groups is 1. The van der Waals surface area contributed by atoms with Gasteiger partial charge < -0.3 is 28.5 Å². The molecule has 2 saturated heterocycles. The Balaban J connectivity index is 1.10. The lowest BCUT2D eigenvalue weighted by atomic mass is 9.41. The molecular weight excluding hydrogens is 691 g/mol. The van der Waals surface area contributed by atoms with Gasteiger partial charge in [0.25, 0.3) is 0 Å². The second-order valence-corrected chi connectivity index (χ2v) is 26.6. The third-order valence-electron chi connectivity index (χ3n) is 19.4. The molecule has 8 rings (SSSR count). The Morgan fingerprint density at radius 3 is 2.22 bits per heavy atom. The summed E-state index contributed by atoms with van der Waals surface area (Å²) in [5.74, 6) is 2.26. The van der Waals surface area contributed by atoms with Crippen LogP contribution in [0, 0.1) is 50.7 Å². The minimum Gasteiger partial charge on any atom is -0.411 e. The van der Waals surface area contributed by atoms with Gasteiger partial charge in [-0.15, -0.1) is 0 Å². The highest BCUT2D eigenvalue weighted by molar-refractivity contribution is 6.73. The van der Waals surface area contributed by atoms with Crippen LogP contribution in [0.25, 0.3) is 0 Å². The van der Waals surface area contributed by atoms with E-state index in [9.17, 15) is 5.11 Å². The minimum absolute atomic E-state index is 0.0320. The molecule has 2 aliphatic heterocycles. The van der Waals surface area contributed by atoms with Gasteiger partial charge in [0, 0.05) is 31.2 Å². The lowest BCUT2D eigenvalue weighted by Gasteiger charge is -2.64. The quantitative estimate of drug-likeness (QED) is 0.198. The summed E-state index contributed by atoms with van der Waals surface area (Å²) in [4.78, 5) is 2.66. The van der Waals surface area contributed by atoms with Crippen LogP contribution in [0.4, 0.5) is 0 Å². The first-order valence-corrected chi connectivity index (χ1v) is 25.7. The summed E-state index contributed by atoms with van der Waals surface area (Å²) in [6.45, 7) is 29.5. The minimum atomic E-state index is -2.00. The van der Waals surface area contributed by atoms with Crippen molar-refractivity contribution in [3.63, 3.8) is 0 Å². The van der Waals surface area contributed by atoms with Gasteiger partial charge in [-0.2, -0.15) is 0 Å². The largest absolute Gasteiger partial charge is 0.411 e. The zero-order chi connectivity index (χ0) is 38.7. The van der Waals surface area contributed by atoms with Crippen molar-refractivity contribution in [3.8, 4) is 0 Å². The van der Waals surface area contributed by atoms with E-state index in [1.165, 1.54) is 57.8 Å². The van der Waals surface area contributed by atoms with Crippen molar-refractivity contribution in [2.24, 2.45) is 50.7 Å². The third-order valence-corrected chi connectivity index (χ3v) is 24.0. The van der Waals surface area contributed by atoms with E-state index in [0.29, 0.717) is 41.1 Å². The Morgan fingerprint density at radius 1 is 0.907 bits per heavy atom. The van der Waals surface area contributed by atoms with Gasteiger partial charge in [0.2, 0.25) is 0 Å². The number of rotatable bonds is 12. The Bertz CT molecular complexity index is 1350. The van der Waals surface area contributed by atoms with Crippen molar-refractivity contribution < 1.29 is 28.5 Å². The molecule has 14 atom stereocenters. The summed E-state index contributed by atoms with van der Waals surface area (Å²) in [7, 11) is -2.00. The molecule has 1 N–H and O–H groups in total. The maximum absolute atomic E-state index is 11.4. The van der Waals surface area contributed by atoms with Crippen molar-refractivity contribution in [1.29, 1.82) is 0 Å². The van der Waals surface area contributed by atoms with Gasteiger partial charge in [0.15, 0.2) is 14.6 Å². The molecule has 310 valence electrons. The van der Waals surface area contributed by atoms with E-state index in [1.54, 1.807) is 0 Å². The van der Waals surface area contributed by atoms with Crippen molar-refractivity contribution in [1.82, 2.24) is 4.90 Å². The molecule has 6 saturated carbocycles. The Labute approximate surface area is 331 Å². The van der Waals surface area contributed by atoms with Gasteiger partial charge >= 0.3 is 0 Å². The predicted octanol–water partition coefficient (Wildman–Crippen LogP) is 9.60. The summed E-state index contributed by atoms with van der Waals surface area (Å²) in [6.07, 6.45) is 13.9. The van der Waals surface area contributed by atoms with Gasteiger partial charge in [-0.25, -0.2) is 0 Å². The van der Waals surface area contributed by atoms with E-state index in [4.69, 9.17) is 23.4 Å². The van der Waals surface area contributed by atoms with Crippen molar-refractivity contribution in [3.05, 3.63) is 0 Å². The second kappa shape index (κ2) is 14.0. The second-order valence-electron chi connectivity index (χ2n) is 21.9. The van der Waals surface area contributed by atoms with Crippen LogP contribution in [0.5, 0.6) is 0 Å². The maximum atomic E-state index is 11.4. The first kappa shape index (κ1) is 40.7. The van der Waals surface area contributed by atoms with E-state index in [1.807, 2.05) is 20.8 Å². The topological polar surface area (TPSA) is 69.6 Å². The first-order chi connectivity index (χ1) is 25.5. The molecule has 0 aromatic rings. The van der Waals surface area contributed by atoms with Crippen molar-refractivity contribution >= 4 is 8.32 Å². The van der Waals surface area contributed by atoms with E-state index in [-0.39, 0.29) is 53.1 Å². The summed E-state index contributed by atoms with van der Waals surface area (Å²) in [6, 6.07) is 4.23. The molecule has 6 aliphatic carbocycles. The summed E-state index contributed by atoms with van der Waals surface area (Å²) in [5, 5.41) is 11.4. The fourth-order valence-electron chi connectivity index (χ4n) is 16.1. The van der Waals surface area contributed by atoms with Crippen LogP contribution in [0.2, 0.25) is 18.1 Å². The molecule has 0 radical (unpaired) electrons. The van der Waals surface area contributed by atoms with Gasteiger partial charge in [0.1, 0.15) is 6.10 Å². The van der Waals surface area contributed by atoms with Crippen LogP contribution in [0.1, 0.15) is 147 Å². The summed E-state index contributed by atoms with van der Waals surface area (Å²) < 4.78 is 35.2. The van der Waals surface area contributed by atoms with Crippen molar-refractivity contribution in [2.45, 2.75) is 213 Å².